The van der Waals surface area contributed by atoms with E-state index in [0.717, 1.165) is 29.5 Å². The third-order valence-corrected chi connectivity index (χ3v) is 4.59. The number of aryl methyl sites for hydroxylation is 1. The van der Waals surface area contributed by atoms with E-state index in [1.807, 2.05) is 18.2 Å². The van der Waals surface area contributed by atoms with E-state index in [1.54, 1.807) is 6.92 Å². The maximum atomic E-state index is 11.8. The zero-order valence-electron chi connectivity index (χ0n) is 17.2. The number of hydrogen-bond donors (Lipinski definition) is 2. The molecule has 0 aliphatic heterocycles. The van der Waals surface area contributed by atoms with Gasteiger partial charge in [-0.15, -0.1) is 0 Å². The van der Waals surface area contributed by atoms with Crippen molar-refractivity contribution >= 4 is 5.97 Å². The van der Waals surface area contributed by atoms with Crippen LogP contribution in [0.2, 0.25) is 0 Å². The second-order valence-corrected chi connectivity index (χ2v) is 7.16. The molecule has 29 heavy (non-hydrogen) atoms. The molecule has 2 rings (SSSR count). The number of esters is 1. The normalized spacial score (nSPS) is 10.8. The standard InChI is InChI=1S/C24H30O5/c1-4-5-18-6-8-20(9-7-18)23-11-10-22(28-15-19(13-25)14-26)12-21(23)16-29-24(27)17(2)3/h6-12,19,25-26H,2,4-5,13-16H2,1,3H3. The van der Waals surface area contributed by atoms with Crippen LogP contribution in [0.15, 0.2) is 54.6 Å². The van der Waals surface area contributed by atoms with E-state index in [4.69, 9.17) is 9.47 Å². The largest absolute Gasteiger partial charge is 0.493 e. The third kappa shape index (κ3) is 6.73. The second-order valence-electron chi connectivity index (χ2n) is 7.16. The van der Waals surface area contributed by atoms with Gasteiger partial charge in [-0.2, -0.15) is 0 Å². The molecule has 0 aromatic heterocycles. The number of aliphatic hydroxyl groups is 2. The van der Waals surface area contributed by atoms with E-state index >= 15 is 0 Å². The number of carbonyl (C=O) groups excluding carboxylic acids is 1. The molecule has 5 nitrogen and oxygen atoms in total. The highest BCUT2D eigenvalue weighted by Gasteiger charge is 2.12. The maximum Gasteiger partial charge on any atom is 0.333 e. The van der Waals surface area contributed by atoms with Crippen molar-refractivity contribution in [2.24, 2.45) is 5.92 Å². The minimum atomic E-state index is -0.443. The average molecular weight is 398 g/mol. The quantitative estimate of drug-likeness (QED) is 0.443. The summed E-state index contributed by atoms with van der Waals surface area (Å²) in [7, 11) is 0. The minimum absolute atomic E-state index is 0.0956. The molecule has 0 aliphatic carbocycles. The van der Waals surface area contributed by atoms with Crippen molar-refractivity contribution in [2.75, 3.05) is 19.8 Å². The van der Waals surface area contributed by atoms with Crippen LogP contribution in [0.5, 0.6) is 5.75 Å². The van der Waals surface area contributed by atoms with Crippen LogP contribution in [0, 0.1) is 5.92 Å². The summed E-state index contributed by atoms with van der Waals surface area (Å²) in [5, 5.41) is 18.4. The molecule has 0 saturated heterocycles. The van der Waals surface area contributed by atoms with E-state index in [1.165, 1.54) is 5.56 Å². The third-order valence-electron chi connectivity index (χ3n) is 4.59. The van der Waals surface area contributed by atoms with E-state index in [0.29, 0.717) is 11.3 Å². The summed E-state index contributed by atoms with van der Waals surface area (Å²) in [5.74, 6) is -0.198. The van der Waals surface area contributed by atoms with Gasteiger partial charge in [-0.05, 0) is 42.2 Å². The lowest BCUT2D eigenvalue weighted by molar-refractivity contribution is -0.140. The molecule has 0 spiro atoms. The van der Waals surface area contributed by atoms with E-state index in [-0.39, 0.29) is 32.3 Å². The Bertz CT molecular complexity index is 807. The van der Waals surface area contributed by atoms with Crippen molar-refractivity contribution in [1.82, 2.24) is 0 Å². The molecule has 2 aromatic carbocycles. The summed E-state index contributed by atoms with van der Waals surface area (Å²) in [5.41, 5.74) is 4.42. The molecule has 0 radical (unpaired) electrons. The molecule has 0 saturated carbocycles. The molecule has 0 aliphatic rings. The van der Waals surface area contributed by atoms with Gasteiger partial charge >= 0.3 is 5.97 Å². The highest BCUT2D eigenvalue weighted by atomic mass is 16.5. The average Bonchev–Trinajstić information content (AvgIpc) is 2.73. The lowest BCUT2D eigenvalue weighted by Gasteiger charge is -2.16. The molecular weight excluding hydrogens is 368 g/mol. The van der Waals surface area contributed by atoms with Crippen LogP contribution in [0.3, 0.4) is 0 Å². The van der Waals surface area contributed by atoms with Crippen LogP contribution < -0.4 is 4.74 Å². The Morgan fingerprint density at radius 3 is 2.38 bits per heavy atom. The summed E-state index contributed by atoms with van der Waals surface area (Å²) in [6.45, 7) is 7.37. The first-order chi connectivity index (χ1) is 14.0. The first-order valence-electron chi connectivity index (χ1n) is 9.87. The fraction of sp³-hybridized carbons (Fsp3) is 0.375. The monoisotopic (exact) mass is 398 g/mol. The predicted molar refractivity (Wildman–Crippen MR) is 114 cm³/mol. The molecule has 156 valence electrons. The maximum absolute atomic E-state index is 11.8. The topological polar surface area (TPSA) is 76.0 Å². The van der Waals surface area contributed by atoms with Gasteiger partial charge in [0.15, 0.2) is 0 Å². The van der Waals surface area contributed by atoms with Crippen LogP contribution in [0.1, 0.15) is 31.4 Å². The molecule has 0 bridgehead atoms. The van der Waals surface area contributed by atoms with Crippen molar-refractivity contribution in [3.05, 3.63) is 65.7 Å². The van der Waals surface area contributed by atoms with Crippen molar-refractivity contribution in [2.45, 2.75) is 33.3 Å². The van der Waals surface area contributed by atoms with Gasteiger partial charge in [0, 0.05) is 17.1 Å². The van der Waals surface area contributed by atoms with Gasteiger partial charge in [0.1, 0.15) is 12.4 Å². The Morgan fingerprint density at radius 1 is 1.10 bits per heavy atom. The van der Waals surface area contributed by atoms with Crippen molar-refractivity contribution in [1.29, 1.82) is 0 Å². The number of carbonyl (C=O) groups is 1. The molecule has 0 atom stereocenters. The van der Waals surface area contributed by atoms with Crippen molar-refractivity contribution in [3.63, 3.8) is 0 Å². The number of benzene rings is 2. The fourth-order valence-corrected chi connectivity index (χ4v) is 2.84. The van der Waals surface area contributed by atoms with Gasteiger partial charge in [0.25, 0.3) is 0 Å². The molecule has 2 aromatic rings. The summed E-state index contributed by atoms with van der Waals surface area (Å²) in [6, 6.07) is 14.0. The van der Waals surface area contributed by atoms with E-state index in [2.05, 4.69) is 37.8 Å². The van der Waals surface area contributed by atoms with Gasteiger partial charge in [-0.3, -0.25) is 0 Å². The van der Waals surface area contributed by atoms with Crippen molar-refractivity contribution in [3.8, 4) is 16.9 Å². The summed E-state index contributed by atoms with van der Waals surface area (Å²) < 4.78 is 11.1. The number of aliphatic hydroxyl groups excluding tert-OH is 2. The Labute approximate surface area is 172 Å². The lowest BCUT2D eigenvalue weighted by Crippen LogP contribution is -2.19. The molecule has 2 N–H and O–H groups in total. The minimum Gasteiger partial charge on any atom is -0.493 e. The first kappa shape index (κ1) is 22.7. The van der Waals surface area contributed by atoms with Gasteiger partial charge in [0.05, 0.1) is 19.8 Å². The van der Waals surface area contributed by atoms with Gasteiger partial charge in [0.2, 0.25) is 0 Å². The molecular formula is C24H30O5. The molecule has 0 fully saturated rings. The van der Waals surface area contributed by atoms with Gasteiger partial charge in [-0.1, -0.05) is 50.3 Å². The zero-order chi connectivity index (χ0) is 21.2. The molecule has 5 heteroatoms. The highest BCUT2D eigenvalue weighted by molar-refractivity contribution is 5.87. The first-order valence-corrected chi connectivity index (χ1v) is 9.87. The number of rotatable bonds is 11. The molecule has 0 unspecified atom stereocenters. The van der Waals surface area contributed by atoms with Crippen LogP contribution in [0.25, 0.3) is 11.1 Å². The second kappa shape index (κ2) is 11.4. The highest BCUT2D eigenvalue weighted by Crippen LogP contribution is 2.29. The predicted octanol–water partition coefficient (Wildman–Crippen LogP) is 3.91. The smallest absolute Gasteiger partial charge is 0.333 e. The zero-order valence-corrected chi connectivity index (χ0v) is 17.2. The van der Waals surface area contributed by atoms with E-state index < -0.39 is 5.97 Å². The Hall–Kier alpha value is -2.63. The fourth-order valence-electron chi connectivity index (χ4n) is 2.84. The summed E-state index contributed by atoms with van der Waals surface area (Å²) >= 11 is 0. The van der Waals surface area contributed by atoms with Crippen LogP contribution in [0.4, 0.5) is 0 Å². The molecule has 0 heterocycles. The summed E-state index contributed by atoms with van der Waals surface area (Å²) in [6.07, 6.45) is 2.13. The SMILES string of the molecule is C=C(C)C(=O)OCc1cc(OCC(CO)CO)ccc1-c1ccc(CCC)cc1. The van der Waals surface area contributed by atoms with Crippen LogP contribution >= 0.6 is 0 Å². The Balaban J connectivity index is 2.27. The van der Waals surface area contributed by atoms with Crippen molar-refractivity contribution < 1.29 is 24.5 Å². The van der Waals surface area contributed by atoms with E-state index in [9.17, 15) is 15.0 Å². The number of hydrogen-bond acceptors (Lipinski definition) is 5. The van der Waals surface area contributed by atoms with Gasteiger partial charge in [-0.25, -0.2) is 4.79 Å². The lowest BCUT2D eigenvalue weighted by atomic mass is 9.98. The summed E-state index contributed by atoms with van der Waals surface area (Å²) in [4.78, 5) is 11.8. The van der Waals surface area contributed by atoms with Crippen LogP contribution in [-0.2, 0) is 22.6 Å². The Kier molecular flexibility index (Phi) is 8.90. The number of ether oxygens (including phenoxy) is 2. The van der Waals surface area contributed by atoms with Crippen LogP contribution in [-0.4, -0.2) is 36.0 Å². The molecule has 0 amide bonds. The Morgan fingerprint density at radius 2 is 1.79 bits per heavy atom. The van der Waals surface area contributed by atoms with Gasteiger partial charge < -0.3 is 19.7 Å².